The molecule has 0 aromatic heterocycles. The Balaban J connectivity index is 1.55. The maximum Gasteiger partial charge on any atom is 0.269 e. The summed E-state index contributed by atoms with van der Waals surface area (Å²) in [4.78, 5) is 14.9. The lowest BCUT2D eigenvalue weighted by atomic mass is 10.1. The molecule has 2 N–H and O–H groups in total. The van der Waals surface area contributed by atoms with Crippen LogP contribution in [0, 0.1) is 10.1 Å². The summed E-state index contributed by atoms with van der Waals surface area (Å²) in [6.07, 6.45) is 3.29. The second-order valence-corrected chi connectivity index (χ2v) is 6.17. The number of hydrogen-bond acceptors (Lipinski definition) is 3. The number of benzene rings is 2. The van der Waals surface area contributed by atoms with E-state index in [-0.39, 0.29) is 5.69 Å². The van der Waals surface area contributed by atoms with Crippen LogP contribution in [0.4, 0.5) is 5.69 Å². The summed E-state index contributed by atoms with van der Waals surface area (Å²) >= 11 is 0. The fraction of sp³-hybridized carbons (Fsp3) is 0.316. The second-order valence-electron chi connectivity index (χ2n) is 6.17. The lowest BCUT2D eigenvalue weighted by molar-refractivity contribution is -0.384. The number of guanidine groups is 1. The van der Waals surface area contributed by atoms with Gasteiger partial charge in [-0.2, -0.15) is 0 Å². The number of nitro groups is 1. The van der Waals surface area contributed by atoms with E-state index in [9.17, 15) is 10.1 Å². The monoisotopic (exact) mass is 338 g/mol. The zero-order valence-corrected chi connectivity index (χ0v) is 14.0. The molecule has 130 valence electrons. The summed E-state index contributed by atoms with van der Waals surface area (Å²) in [5.74, 6) is 0.803. The van der Waals surface area contributed by atoms with Crippen molar-refractivity contribution in [2.45, 2.75) is 31.8 Å². The Morgan fingerprint density at radius 2 is 1.80 bits per heavy atom. The van der Waals surface area contributed by atoms with E-state index in [0.29, 0.717) is 12.6 Å². The molecule has 1 fully saturated rings. The van der Waals surface area contributed by atoms with Gasteiger partial charge < -0.3 is 10.6 Å². The molecule has 25 heavy (non-hydrogen) atoms. The molecule has 6 heteroatoms. The standard InChI is InChI=1S/C19H22N4O2/c24-23(25)18-10-6-16(7-11-18)14-21-19(22-17-8-9-17)20-13-12-15-4-2-1-3-5-15/h1-7,10-11,17H,8-9,12-14H2,(H2,20,21,22). The lowest BCUT2D eigenvalue weighted by Crippen LogP contribution is -2.39. The number of hydrogen-bond donors (Lipinski definition) is 2. The zero-order chi connectivity index (χ0) is 17.5. The highest BCUT2D eigenvalue weighted by Crippen LogP contribution is 2.18. The topological polar surface area (TPSA) is 79.6 Å². The number of nitro benzene ring substituents is 1. The van der Waals surface area contributed by atoms with Gasteiger partial charge in [-0.1, -0.05) is 42.5 Å². The maximum atomic E-state index is 10.7. The Hall–Kier alpha value is -2.89. The van der Waals surface area contributed by atoms with Crippen molar-refractivity contribution >= 4 is 11.6 Å². The number of rotatable bonds is 7. The van der Waals surface area contributed by atoms with Gasteiger partial charge in [-0.25, -0.2) is 4.99 Å². The Bertz CT molecular complexity index is 725. The van der Waals surface area contributed by atoms with E-state index in [1.54, 1.807) is 12.1 Å². The van der Waals surface area contributed by atoms with Gasteiger partial charge in [0, 0.05) is 24.7 Å². The molecule has 2 aromatic carbocycles. The highest BCUT2D eigenvalue weighted by molar-refractivity contribution is 5.80. The van der Waals surface area contributed by atoms with Crippen LogP contribution in [0.3, 0.4) is 0 Å². The van der Waals surface area contributed by atoms with Gasteiger partial charge in [-0.3, -0.25) is 10.1 Å². The molecule has 1 aliphatic rings. The molecule has 3 rings (SSSR count). The molecular weight excluding hydrogens is 316 g/mol. The number of nitrogens with one attached hydrogen (secondary N) is 2. The summed E-state index contributed by atoms with van der Waals surface area (Å²) in [6.45, 7) is 1.30. The van der Waals surface area contributed by atoms with E-state index in [4.69, 9.17) is 0 Å². The van der Waals surface area contributed by atoms with Gasteiger partial charge in [0.05, 0.1) is 11.5 Å². The predicted molar refractivity (Wildman–Crippen MR) is 98.5 cm³/mol. The minimum atomic E-state index is -0.391. The minimum Gasteiger partial charge on any atom is -0.356 e. The molecule has 0 atom stereocenters. The third-order valence-corrected chi connectivity index (χ3v) is 4.03. The van der Waals surface area contributed by atoms with Crippen LogP contribution in [0.5, 0.6) is 0 Å². The zero-order valence-electron chi connectivity index (χ0n) is 14.0. The summed E-state index contributed by atoms with van der Waals surface area (Å²) in [7, 11) is 0. The van der Waals surface area contributed by atoms with Crippen molar-refractivity contribution in [3.8, 4) is 0 Å². The van der Waals surface area contributed by atoms with Crippen LogP contribution in [0.1, 0.15) is 24.0 Å². The van der Waals surface area contributed by atoms with Crippen LogP contribution in [0.15, 0.2) is 59.6 Å². The van der Waals surface area contributed by atoms with Gasteiger partial charge in [0.25, 0.3) is 5.69 Å². The first-order chi connectivity index (χ1) is 12.2. The second kappa shape index (κ2) is 8.28. The molecule has 1 aliphatic carbocycles. The first kappa shape index (κ1) is 17.0. The Morgan fingerprint density at radius 3 is 2.44 bits per heavy atom. The van der Waals surface area contributed by atoms with Gasteiger partial charge in [-0.05, 0) is 30.4 Å². The van der Waals surface area contributed by atoms with Crippen molar-refractivity contribution in [1.82, 2.24) is 10.6 Å². The molecule has 0 saturated heterocycles. The minimum absolute atomic E-state index is 0.102. The van der Waals surface area contributed by atoms with E-state index in [1.165, 1.54) is 30.5 Å². The van der Waals surface area contributed by atoms with Crippen LogP contribution >= 0.6 is 0 Å². The Kier molecular flexibility index (Phi) is 5.61. The molecule has 6 nitrogen and oxygen atoms in total. The van der Waals surface area contributed by atoms with Crippen molar-refractivity contribution in [2.24, 2.45) is 4.99 Å². The van der Waals surface area contributed by atoms with Crippen molar-refractivity contribution in [1.29, 1.82) is 0 Å². The highest BCUT2D eigenvalue weighted by atomic mass is 16.6. The Morgan fingerprint density at radius 1 is 1.08 bits per heavy atom. The van der Waals surface area contributed by atoms with E-state index < -0.39 is 4.92 Å². The van der Waals surface area contributed by atoms with Crippen LogP contribution in [0.2, 0.25) is 0 Å². The smallest absolute Gasteiger partial charge is 0.269 e. The molecule has 0 radical (unpaired) electrons. The predicted octanol–water partition coefficient (Wildman–Crippen LogP) is 3.04. The number of nitrogens with zero attached hydrogens (tertiary/aromatic N) is 2. The molecule has 1 saturated carbocycles. The largest absolute Gasteiger partial charge is 0.356 e. The molecule has 0 aliphatic heterocycles. The molecule has 0 bridgehead atoms. The van der Waals surface area contributed by atoms with Crippen molar-refractivity contribution in [3.63, 3.8) is 0 Å². The summed E-state index contributed by atoms with van der Waals surface area (Å²) in [5, 5.41) is 17.5. The molecule has 0 heterocycles. The average molecular weight is 338 g/mol. The van der Waals surface area contributed by atoms with Crippen molar-refractivity contribution in [3.05, 3.63) is 75.8 Å². The van der Waals surface area contributed by atoms with Crippen molar-refractivity contribution < 1.29 is 4.92 Å². The summed E-state index contributed by atoms with van der Waals surface area (Å²) < 4.78 is 0. The average Bonchev–Trinajstić information content (AvgIpc) is 3.45. The van der Waals surface area contributed by atoms with Crippen LogP contribution in [0.25, 0.3) is 0 Å². The van der Waals surface area contributed by atoms with Crippen LogP contribution in [-0.2, 0) is 13.0 Å². The van der Waals surface area contributed by atoms with Crippen LogP contribution in [-0.4, -0.2) is 23.5 Å². The highest BCUT2D eigenvalue weighted by Gasteiger charge is 2.22. The van der Waals surface area contributed by atoms with E-state index in [2.05, 4.69) is 27.8 Å². The summed E-state index contributed by atoms with van der Waals surface area (Å²) in [6, 6.07) is 17.4. The molecule has 2 aromatic rings. The molecule has 0 spiro atoms. The first-order valence-electron chi connectivity index (χ1n) is 8.53. The lowest BCUT2D eigenvalue weighted by Gasteiger charge is -2.12. The number of aliphatic imine (C=N–C) groups is 1. The van der Waals surface area contributed by atoms with Gasteiger partial charge in [-0.15, -0.1) is 0 Å². The van der Waals surface area contributed by atoms with Gasteiger partial charge in [0.2, 0.25) is 0 Å². The molecule has 0 amide bonds. The summed E-state index contributed by atoms with van der Waals surface area (Å²) in [5.41, 5.74) is 2.34. The maximum absolute atomic E-state index is 10.7. The van der Waals surface area contributed by atoms with Crippen LogP contribution < -0.4 is 10.6 Å². The van der Waals surface area contributed by atoms with E-state index >= 15 is 0 Å². The first-order valence-corrected chi connectivity index (χ1v) is 8.53. The molecule has 0 unspecified atom stereocenters. The normalized spacial score (nSPS) is 14.2. The van der Waals surface area contributed by atoms with E-state index in [1.807, 2.05) is 18.2 Å². The van der Waals surface area contributed by atoms with E-state index in [0.717, 1.165) is 24.5 Å². The van der Waals surface area contributed by atoms with Gasteiger partial charge in [0.15, 0.2) is 5.96 Å². The SMILES string of the molecule is O=[N+]([O-])c1ccc(CN=C(NCCc2ccccc2)NC2CC2)cc1. The fourth-order valence-corrected chi connectivity index (χ4v) is 2.44. The van der Waals surface area contributed by atoms with Gasteiger partial charge >= 0.3 is 0 Å². The Labute approximate surface area is 147 Å². The van der Waals surface area contributed by atoms with Gasteiger partial charge in [0.1, 0.15) is 0 Å². The number of non-ortho nitro benzene ring substituents is 1. The third kappa shape index (κ3) is 5.60. The fourth-order valence-electron chi connectivity index (χ4n) is 2.44. The van der Waals surface area contributed by atoms with Crippen molar-refractivity contribution in [2.75, 3.05) is 6.54 Å². The quantitative estimate of drug-likeness (QED) is 0.352. The third-order valence-electron chi connectivity index (χ3n) is 4.03. The molecular formula is C19H22N4O2.